The number of benzene rings is 2. The van der Waals surface area contributed by atoms with Gasteiger partial charge in [0.25, 0.3) is 0 Å². The summed E-state index contributed by atoms with van der Waals surface area (Å²) >= 11 is 1.34. The Morgan fingerprint density at radius 3 is 2.90 bits per heavy atom. The van der Waals surface area contributed by atoms with Gasteiger partial charge in [-0.3, -0.25) is 5.43 Å². The molecule has 1 heterocycles. The molecule has 2 aromatic carbocycles. The zero-order valence-corrected chi connectivity index (χ0v) is 11.2. The molecule has 0 radical (unpaired) electrons. The van der Waals surface area contributed by atoms with Gasteiger partial charge in [0.2, 0.25) is 5.13 Å². The topological polar surface area (TPSA) is 63.3 Å². The van der Waals surface area contributed by atoms with E-state index >= 15 is 0 Å². The van der Waals surface area contributed by atoms with Crippen LogP contribution in [-0.2, 0) is 0 Å². The van der Waals surface area contributed by atoms with Crippen LogP contribution in [0.25, 0.3) is 10.8 Å². The van der Waals surface area contributed by atoms with Gasteiger partial charge < -0.3 is 5.73 Å². The fourth-order valence-electron chi connectivity index (χ4n) is 1.84. The molecule has 0 saturated carbocycles. The highest BCUT2D eigenvalue weighted by Gasteiger charge is 2.04. The molecule has 0 spiro atoms. The Morgan fingerprint density at radius 2 is 2.10 bits per heavy atom. The maximum atomic E-state index is 14.2. The number of thiazole rings is 1. The number of fused-ring (bicyclic) bond motifs is 1. The van der Waals surface area contributed by atoms with E-state index in [4.69, 9.17) is 5.73 Å². The van der Waals surface area contributed by atoms with E-state index in [0.717, 1.165) is 5.39 Å². The molecule has 4 nitrogen and oxygen atoms in total. The van der Waals surface area contributed by atoms with Crippen molar-refractivity contribution < 1.29 is 4.39 Å². The summed E-state index contributed by atoms with van der Waals surface area (Å²) < 4.78 is 14.2. The Balaban J connectivity index is 1.85. The molecule has 0 atom stereocenters. The van der Waals surface area contributed by atoms with Crippen LogP contribution in [0.15, 0.2) is 46.9 Å². The van der Waals surface area contributed by atoms with Crippen molar-refractivity contribution in [3.63, 3.8) is 0 Å². The molecule has 0 bridgehead atoms. The third kappa shape index (κ3) is 2.46. The Morgan fingerprint density at radius 1 is 1.25 bits per heavy atom. The van der Waals surface area contributed by atoms with Crippen molar-refractivity contribution in [2.24, 2.45) is 5.10 Å². The number of nitrogens with zero attached hydrogens (tertiary/aromatic N) is 2. The van der Waals surface area contributed by atoms with Crippen molar-refractivity contribution in [3.05, 3.63) is 53.2 Å². The summed E-state index contributed by atoms with van der Waals surface area (Å²) in [6.07, 6.45) is 1.43. The molecule has 0 amide bonds. The lowest BCUT2D eigenvalue weighted by molar-refractivity contribution is 0.638. The number of nitrogens with one attached hydrogen (secondary N) is 1. The van der Waals surface area contributed by atoms with E-state index in [-0.39, 0.29) is 5.82 Å². The standard InChI is InChI=1S/C14H11FN4S/c15-13-10(6-5-9-3-1-2-4-11(9)13)7-17-19-14-18-12(16)8-20-14/h1-8H,16H2,(H,18,19). The fraction of sp³-hybridized carbons (Fsp3) is 0. The average molecular weight is 286 g/mol. The van der Waals surface area contributed by atoms with Gasteiger partial charge in [0, 0.05) is 16.3 Å². The lowest BCUT2D eigenvalue weighted by Gasteiger charge is -2.02. The van der Waals surface area contributed by atoms with Gasteiger partial charge in [-0.15, -0.1) is 11.3 Å². The lowest BCUT2D eigenvalue weighted by Crippen LogP contribution is -1.94. The molecular weight excluding hydrogens is 275 g/mol. The molecule has 6 heteroatoms. The number of hydrogen-bond acceptors (Lipinski definition) is 5. The third-order valence-corrected chi connectivity index (χ3v) is 3.54. The van der Waals surface area contributed by atoms with Crippen molar-refractivity contribution in [1.82, 2.24) is 4.98 Å². The average Bonchev–Trinajstić information content (AvgIpc) is 2.87. The summed E-state index contributed by atoms with van der Waals surface area (Å²) in [6, 6.07) is 10.9. The predicted molar refractivity (Wildman–Crippen MR) is 81.6 cm³/mol. The van der Waals surface area contributed by atoms with Gasteiger partial charge in [-0.2, -0.15) is 5.10 Å². The second kappa shape index (κ2) is 5.26. The Hall–Kier alpha value is -2.47. The minimum atomic E-state index is -0.285. The largest absolute Gasteiger partial charge is 0.383 e. The maximum absolute atomic E-state index is 14.2. The van der Waals surface area contributed by atoms with Crippen molar-refractivity contribution in [2.75, 3.05) is 11.2 Å². The van der Waals surface area contributed by atoms with Crippen molar-refractivity contribution in [1.29, 1.82) is 0 Å². The summed E-state index contributed by atoms with van der Waals surface area (Å²) in [5.41, 5.74) is 8.63. The van der Waals surface area contributed by atoms with Crippen LogP contribution in [0.1, 0.15) is 5.56 Å². The van der Waals surface area contributed by atoms with Crippen molar-refractivity contribution in [2.45, 2.75) is 0 Å². The third-order valence-electron chi connectivity index (χ3n) is 2.78. The second-order valence-corrected chi connectivity index (χ2v) is 5.00. The van der Waals surface area contributed by atoms with Gasteiger partial charge >= 0.3 is 0 Å². The highest BCUT2D eigenvalue weighted by Crippen LogP contribution is 2.20. The van der Waals surface area contributed by atoms with E-state index in [1.807, 2.05) is 24.3 Å². The molecule has 0 aliphatic carbocycles. The Bertz CT molecular complexity index is 782. The zero-order chi connectivity index (χ0) is 13.9. The number of hydrazone groups is 1. The first-order valence-electron chi connectivity index (χ1n) is 5.91. The molecule has 3 N–H and O–H groups in total. The first-order chi connectivity index (χ1) is 9.74. The Labute approximate surface area is 118 Å². The van der Waals surface area contributed by atoms with Gasteiger partial charge in [0.1, 0.15) is 11.6 Å². The molecular formula is C14H11FN4S. The molecule has 0 unspecified atom stereocenters. The predicted octanol–water partition coefficient (Wildman–Crippen LogP) is 3.46. The minimum Gasteiger partial charge on any atom is -0.383 e. The quantitative estimate of drug-likeness (QED) is 0.572. The van der Waals surface area contributed by atoms with Gasteiger partial charge in [-0.05, 0) is 11.5 Å². The molecule has 3 aromatic rings. The normalized spacial score (nSPS) is 11.2. The Kier molecular flexibility index (Phi) is 3.30. The molecule has 1 aromatic heterocycles. The number of aromatic nitrogens is 1. The zero-order valence-electron chi connectivity index (χ0n) is 10.4. The van der Waals surface area contributed by atoms with E-state index in [9.17, 15) is 4.39 Å². The monoisotopic (exact) mass is 286 g/mol. The van der Waals surface area contributed by atoms with Crippen LogP contribution < -0.4 is 11.2 Å². The van der Waals surface area contributed by atoms with Crippen LogP contribution in [0.4, 0.5) is 15.3 Å². The number of anilines is 2. The molecule has 3 rings (SSSR count). The molecule has 100 valence electrons. The number of halogens is 1. The minimum absolute atomic E-state index is 0.285. The van der Waals surface area contributed by atoms with Crippen LogP contribution in [0, 0.1) is 5.82 Å². The smallest absolute Gasteiger partial charge is 0.205 e. The van der Waals surface area contributed by atoms with Crippen LogP contribution in [0.2, 0.25) is 0 Å². The molecule has 0 aliphatic rings. The summed E-state index contributed by atoms with van der Waals surface area (Å²) in [4.78, 5) is 3.99. The number of rotatable bonds is 3. The molecule has 0 aliphatic heterocycles. The molecule has 0 saturated heterocycles. The van der Waals surface area contributed by atoms with E-state index in [1.165, 1.54) is 17.6 Å². The summed E-state index contributed by atoms with van der Waals surface area (Å²) in [7, 11) is 0. The van der Waals surface area contributed by atoms with Crippen LogP contribution >= 0.6 is 11.3 Å². The van der Waals surface area contributed by atoms with Gasteiger partial charge in [0.05, 0.1) is 6.21 Å². The van der Waals surface area contributed by atoms with Crippen LogP contribution in [0.3, 0.4) is 0 Å². The SMILES string of the molecule is Nc1csc(NN=Cc2ccc3ccccc3c2F)n1. The number of nitrogens with two attached hydrogens (primary N) is 1. The van der Waals surface area contributed by atoms with Crippen molar-refractivity contribution >= 4 is 39.3 Å². The second-order valence-electron chi connectivity index (χ2n) is 4.14. The molecule has 20 heavy (non-hydrogen) atoms. The van der Waals surface area contributed by atoms with E-state index in [1.54, 1.807) is 17.5 Å². The summed E-state index contributed by atoms with van der Waals surface area (Å²) in [5, 5.41) is 7.68. The maximum Gasteiger partial charge on any atom is 0.205 e. The van der Waals surface area contributed by atoms with Crippen LogP contribution in [-0.4, -0.2) is 11.2 Å². The summed E-state index contributed by atoms with van der Waals surface area (Å²) in [6.45, 7) is 0. The van der Waals surface area contributed by atoms with Gasteiger partial charge in [-0.25, -0.2) is 9.37 Å². The lowest BCUT2D eigenvalue weighted by atomic mass is 10.1. The van der Waals surface area contributed by atoms with E-state index in [2.05, 4.69) is 15.5 Å². The summed E-state index contributed by atoms with van der Waals surface area (Å²) in [5.74, 6) is 0.150. The number of nitrogen functional groups attached to an aromatic ring is 1. The fourth-order valence-corrected chi connectivity index (χ4v) is 2.39. The molecule has 0 fully saturated rings. The van der Waals surface area contributed by atoms with Crippen molar-refractivity contribution in [3.8, 4) is 0 Å². The van der Waals surface area contributed by atoms with Gasteiger partial charge in [0.15, 0.2) is 0 Å². The number of hydrogen-bond donors (Lipinski definition) is 2. The van der Waals surface area contributed by atoms with E-state index < -0.39 is 0 Å². The van der Waals surface area contributed by atoms with Crippen LogP contribution in [0.5, 0.6) is 0 Å². The highest BCUT2D eigenvalue weighted by atomic mass is 32.1. The first-order valence-corrected chi connectivity index (χ1v) is 6.79. The van der Waals surface area contributed by atoms with Gasteiger partial charge in [-0.1, -0.05) is 30.3 Å². The highest BCUT2D eigenvalue weighted by molar-refractivity contribution is 7.14. The van der Waals surface area contributed by atoms with E-state index in [0.29, 0.717) is 21.9 Å². The first kappa shape index (κ1) is 12.6.